The number of methoxy groups -OCH3 is 2. The van der Waals surface area contributed by atoms with Gasteiger partial charge in [-0.25, -0.2) is 4.79 Å². The number of nitrogens with two attached hydrogens (primary N) is 1. The third-order valence-corrected chi connectivity index (χ3v) is 2.37. The lowest BCUT2D eigenvalue weighted by Crippen LogP contribution is -2.19. The van der Waals surface area contributed by atoms with Crippen molar-refractivity contribution in [2.45, 2.75) is 6.36 Å². The van der Waals surface area contributed by atoms with E-state index in [9.17, 15) is 18.0 Å². The zero-order chi connectivity index (χ0) is 16.0. The van der Waals surface area contributed by atoms with Gasteiger partial charge in [-0.3, -0.25) is 4.74 Å². The van der Waals surface area contributed by atoms with Gasteiger partial charge in [-0.1, -0.05) is 0 Å². The largest absolute Gasteiger partial charge is 0.522 e. The number of alkyl halides is 3. The summed E-state index contributed by atoms with van der Waals surface area (Å²) in [5.41, 5.74) is 5.63. The summed E-state index contributed by atoms with van der Waals surface area (Å²) in [5.74, 6) is -0.428. The second-order valence-electron chi connectivity index (χ2n) is 3.72. The molecule has 0 aliphatic rings. The van der Waals surface area contributed by atoms with E-state index >= 15 is 0 Å². The van der Waals surface area contributed by atoms with Crippen LogP contribution < -0.4 is 15.2 Å². The Hall–Kier alpha value is -2.16. The molecule has 0 saturated heterocycles. The normalized spacial score (nSPS) is 11.1. The molecule has 118 valence electrons. The zero-order valence-corrected chi connectivity index (χ0v) is 11.3. The number of anilines is 1. The number of rotatable bonds is 6. The highest BCUT2D eigenvalue weighted by Crippen LogP contribution is 2.31. The molecule has 1 rings (SSSR count). The molecule has 2 N–H and O–H groups in total. The monoisotopic (exact) mass is 309 g/mol. The molecule has 0 aromatic heterocycles. The second-order valence-corrected chi connectivity index (χ2v) is 3.72. The number of nitrogen functional groups attached to an aromatic ring is 1. The van der Waals surface area contributed by atoms with Crippen molar-refractivity contribution < 1.29 is 36.9 Å². The molecule has 0 atom stereocenters. The van der Waals surface area contributed by atoms with Gasteiger partial charge in [0.05, 0.1) is 32.1 Å². The van der Waals surface area contributed by atoms with Crippen LogP contribution in [0.5, 0.6) is 11.5 Å². The number of hydrogen-bond donors (Lipinski definition) is 1. The first kappa shape index (κ1) is 16.9. The molecule has 0 heterocycles. The lowest BCUT2D eigenvalue weighted by atomic mass is 10.1. The predicted octanol–water partition coefficient (Wildman–Crippen LogP) is 1.98. The number of benzene rings is 1. The Bertz CT molecular complexity index is 504. The Morgan fingerprint density at radius 3 is 2.38 bits per heavy atom. The molecule has 9 heteroatoms. The summed E-state index contributed by atoms with van der Waals surface area (Å²) >= 11 is 0. The molecule has 0 fully saturated rings. The number of carbonyl (C=O) groups excluding carboxylic acids is 1. The topological polar surface area (TPSA) is 80.0 Å². The van der Waals surface area contributed by atoms with Crippen LogP contribution in [0, 0.1) is 0 Å². The van der Waals surface area contributed by atoms with Gasteiger partial charge in [-0.2, -0.15) is 0 Å². The lowest BCUT2D eigenvalue weighted by molar-refractivity contribution is -0.326. The van der Waals surface area contributed by atoms with Crippen LogP contribution in [0.15, 0.2) is 12.1 Å². The van der Waals surface area contributed by atoms with Gasteiger partial charge in [-0.15, -0.1) is 13.2 Å². The summed E-state index contributed by atoms with van der Waals surface area (Å²) in [6, 6.07) is 2.75. The van der Waals surface area contributed by atoms with E-state index in [1.165, 1.54) is 26.4 Å². The van der Waals surface area contributed by atoms with Crippen molar-refractivity contribution in [3.05, 3.63) is 17.7 Å². The van der Waals surface area contributed by atoms with Gasteiger partial charge < -0.3 is 19.9 Å². The second kappa shape index (κ2) is 7.02. The molecule has 21 heavy (non-hydrogen) atoms. The van der Waals surface area contributed by atoms with Crippen LogP contribution >= 0.6 is 0 Å². The van der Waals surface area contributed by atoms with Gasteiger partial charge in [0, 0.05) is 6.07 Å². The summed E-state index contributed by atoms with van der Waals surface area (Å²) in [4.78, 5) is 11.8. The first-order valence-corrected chi connectivity index (χ1v) is 5.67. The van der Waals surface area contributed by atoms with Crippen molar-refractivity contribution >= 4 is 11.7 Å². The molecule has 1 aromatic rings. The maximum atomic E-state index is 11.8. The van der Waals surface area contributed by atoms with Crippen molar-refractivity contribution in [2.75, 3.05) is 33.2 Å². The molecule has 1 aromatic carbocycles. The Kier molecular flexibility index (Phi) is 5.65. The van der Waals surface area contributed by atoms with Gasteiger partial charge in [0.2, 0.25) is 0 Å². The lowest BCUT2D eigenvalue weighted by Gasteiger charge is -2.12. The Morgan fingerprint density at radius 1 is 1.19 bits per heavy atom. The highest BCUT2D eigenvalue weighted by atomic mass is 19.4. The summed E-state index contributed by atoms with van der Waals surface area (Å²) in [5, 5.41) is 0. The van der Waals surface area contributed by atoms with E-state index in [0.717, 1.165) is 0 Å². The number of ether oxygens (including phenoxy) is 4. The number of hydrogen-bond acceptors (Lipinski definition) is 6. The third kappa shape index (κ3) is 5.03. The van der Waals surface area contributed by atoms with Gasteiger partial charge in [-0.05, 0) is 6.07 Å². The average molecular weight is 309 g/mol. The van der Waals surface area contributed by atoms with Crippen LogP contribution in [-0.4, -0.2) is 39.8 Å². The molecule has 0 unspecified atom stereocenters. The molecule has 0 spiro atoms. The molecule has 0 bridgehead atoms. The molecule has 6 nitrogen and oxygen atoms in total. The summed E-state index contributed by atoms with van der Waals surface area (Å²) in [6.07, 6.45) is -4.77. The van der Waals surface area contributed by atoms with E-state index < -0.39 is 25.5 Å². The number of esters is 1. The maximum Gasteiger partial charge on any atom is 0.522 e. The highest BCUT2D eigenvalue weighted by molar-refractivity contribution is 5.97. The zero-order valence-electron chi connectivity index (χ0n) is 11.3. The van der Waals surface area contributed by atoms with Gasteiger partial charge >= 0.3 is 12.3 Å². The van der Waals surface area contributed by atoms with Crippen LogP contribution in [0.4, 0.5) is 18.9 Å². The molecular weight excluding hydrogens is 295 g/mol. The predicted molar refractivity (Wildman–Crippen MR) is 66.2 cm³/mol. The van der Waals surface area contributed by atoms with Crippen LogP contribution in [-0.2, 0) is 9.47 Å². The fraction of sp³-hybridized carbons (Fsp3) is 0.417. The maximum absolute atomic E-state index is 11.8. The fourth-order valence-corrected chi connectivity index (χ4v) is 1.43. The van der Waals surface area contributed by atoms with E-state index in [1.54, 1.807) is 0 Å². The summed E-state index contributed by atoms with van der Waals surface area (Å²) < 4.78 is 53.3. The van der Waals surface area contributed by atoms with Gasteiger partial charge in [0.15, 0.2) is 0 Å². The molecular formula is C12H14F3NO5. The first-order valence-electron chi connectivity index (χ1n) is 5.67. The molecule has 0 saturated carbocycles. The number of halogens is 3. The van der Waals surface area contributed by atoms with Gasteiger partial charge in [0.25, 0.3) is 0 Å². The van der Waals surface area contributed by atoms with E-state index in [2.05, 4.69) is 9.47 Å². The standard InChI is InChI=1S/C12H14F3NO5/c1-18-7-5-8(10(16)9(6-7)19-2)11(17)20-3-4-21-12(13,14)15/h5-6H,3-4,16H2,1-2H3. The Balaban J connectivity index is 2.73. The summed E-state index contributed by atoms with van der Waals surface area (Å²) in [7, 11) is 2.72. The van der Waals surface area contributed by atoms with E-state index in [0.29, 0.717) is 5.75 Å². The SMILES string of the molecule is COc1cc(OC)c(N)c(C(=O)OCCOC(F)(F)F)c1. The van der Waals surface area contributed by atoms with Crippen molar-refractivity contribution in [3.63, 3.8) is 0 Å². The average Bonchev–Trinajstić information content (AvgIpc) is 2.42. The van der Waals surface area contributed by atoms with Crippen molar-refractivity contribution in [3.8, 4) is 11.5 Å². The van der Waals surface area contributed by atoms with Crippen LogP contribution in [0.2, 0.25) is 0 Å². The minimum atomic E-state index is -4.77. The Morgan fingerprint density at radius 2 is 1.86 bits per heavy atom. The van der Waals surface area contributed by atoms with E-state index in [1.807, 2.05) is 0 Å². The van der Waals surface area contributed by atoms with E-state index in [4.69, 9.17) is 15.2 Å². The van der Waals surface area contributed by atoms with E-state index in [-0.39, 0.29) is 17.0 Å². The molecule has 0 amide bonds. The van der Waals surface area contributed by atoms with Crippen LogP contribution in [0.1, 0.15) is 10.4 Å². The van der Waals surface area contributed by atoms with Crippen LogP contribution in [0.3, 0.4) is 0 Å². The third-order valence-electron chi connectivity index (χ3n) is 2.37. The fourth-order valence-electron chi connectivity index (χ4n) is 1.43. The van der Waals surface area contributed by atoms with Gasteiger partial charge in [0.1, 0.15) is 18.1 Å². The van der Waals surface area contributed by atoms with Crippen molar-refractivity contribution in [1.82, 2.24) is 0 Å². The summed E-state index contributed by atoms with van der Waals surface area (Å²) in [6.45, 7) is -1.38. The smallest absolute Gasteiger partial charge is 0.497 e. The van der Waals surface area contributed by atoms with Crippen molar-refractivity contribution in [1.29, 1.82) is 0 Å². The minimum absolute atomic E-state index is 0.0000368. The highest BCUT2D eigenvalue weighted by Gasteiger charge is 2.29. The molecule has 0 aliphatic carbocycles. The van der Waals surface area contributed by atoms with Crippen molar-refractivity contribution in [2.24, 2.45) is 0 Å². The quantitative estimate of drug-likeness (QED) is 0.492. The first-order chi connectivity index (χ1) is 9.78. The molecule has 0 radical (unpaired) electrons. The van der Waals surface area contributed by atoms with Crippen LogP contribution in [0.25, 0.3) is 0 Å². The minimum Gasteiger partial charge on any atom is -0.497 e. The Labute approximate surface area is 118 Å². The molecule has 0 aliphatic heterocycles. The number of carbonyl (C=O) groups is 1.